The van der Waals surface area contributed by atoms with Crippen LogP contribution in [0.4, 0.5) is 0 Å². The molecule has 0 aliphatic carbocycles. The lowest BCUT2D eigenvalue weighted by molar-refractivity contribution is -0.157. The molecule has 1 aliphatic rings. The van der Waals surface area contributed by atoms with E-state index in [4.69, 9.17) is 9.47 Å². The molecule has 1 aliphatic heterocycles. The van der Waals surface area contributed by atoms with Gasteiger partial charge in [-0.1, -0.05) is 52.0 Å². The lowest BCUT2D eigenvalue weighted by atomic mass is 9.88. The minimum atomic E-state index is -1.43. The first-order chi connectivity index (χ1) is 18.1. The monoisotopic (exact) mass is 554 g/mol. The molecule has 0 aromatic heterocycles. The molecule has 224 valence electrons. The van der Waals surface area contributed by atoms with Gasteiger partial charge in [-0.3, -0.25) is 9.59 Å². The second-order valence-corrected chi connectivity index (χ2v) is 11.3. The maximum absolute atomic E-state index is 12.6. The highest BCUT2D eigenvalue weighted by Gasteiger charge is 2.35. The van der Waals surface area contributed by atoms with E-state index >= 15 is 0 Å². The van der Waals surface area contributed by atoms with Crippen molar-refractivity contribution in [2.45, 2.75) is 123 Å². The largest absolute Gasteiger partial charge is 0.457 e. The van der Waals surface area contributed by atoms with E-state index in [1.165, 1.54) is 13.8 Å². The van der Waals surface area contributed by atoms with E-state index in [1.807, 2.05) is 33.8 Å². The fourth-order valence-electron chi connectivity index (χ4n) is 4.67. The third-order valence-electron chi connectivity index (χ3n) is 7.44. The van der Waals surface area contributed by atoms with E-state index in [9.17, 15) is 35.1 Å². The Bertz CT molecular complexity index is 862. The lowest BCUT2D eigenvalue weighted by Gasteiger charge is -2.32. The standard InChI is InChI=1S/C30H50O9/c1-8-24(33)21(5)28(36)25(34)16-18(2)10-9-11-19(3)29-20(4)12-13-26(38-22(6)31)30(7,37)15-14-23(32)17-27(35)39-29/h9-13,18,20-21,23-26,28-29,32-34,36-37H,8,14-17H2,1-7H3/b10-9+,13-12-,19-11+. The van der Waals surface area contributed by atoms with Crippen LogP contribution in [0.25, 0.3) is 0 Å². The molecule has 39 heavy (non-hydrogen) atoms. The lowest BCUT2D eigenvalue weighted by Crippen LogP contribution is -2.42. The van der Waals surface area contributed by atoms with Gasteiger partial charge in [0.05, 0.1) is 30.8 Å². The van der Waals surface area contributed by atoms with Crippen LogP contribution in [0.5, 0.6) is 0 Å². The Labute approximate surface area is 233 Å². The molecule has 0 amide bonds. The fourth-order valence-corrected chi connectivity index (χ4v) is 4.67. The van der Waals surface area contributed by atoms with Gasteiger partial charge in [0.1, 0.15) is 17.8 Å². The summed E-state index contributed by atoms with van der Waals surface area (Å²) < 4.78 is 11.1. The van der Waals surface area contributed by atoms with Crippen LogP contribution in [0.3, 0.4) is 0 Å². The van der Waals surface area contributed by atoms with Gasteiger partial charge in [0.2, 0.25) is 0 Å². The van der Waals surface area contributed by atoms with Crippen LogP contribution < -0.4 is 0 Å². The zero-order valence-corrected chi connectivity index (χ0v) is 24.5. The van der Waals surface area contributed by atoms with Crippen LogP contribution in [-0.2, 0) is 19.1 Å². The van der Waals surface area contributed by atoms with Gasteiger partial charge in [0.25, 0.3) is 0 Å². The number of aliphatic hydroxyl groups is 5. The molecular weight excluding hydrogens is 504 g/mol. The minimum Gasteiger partial charge on any atom is -0.457 e. The van der Waals surface area contributed by atoms with Crippen LogP contribution in [0, 0.1) is 17.8 Å². The first-order valence-corrected chi connectivity index (χ1v) is 13.9. The molecule has 9 heteroatoms. The molecule has 1 rings (SSSR count). The number of allylic oxidation sites excluding steroid dienone is 3. The number of aliphatic hydroxyl groups excluding tert-OH is 4. The average Bonchev–Trinajstić information content (AvgIpc) is 2.85. The summed E-state index contributed by atoms with van der Waals surface area (Å²) in [6.45, 7) is 11.9. The van der Waals surface area contributed by atoms with Gasteiger partial charge in [-0.2, -0.15) is 0 Å². The van der Waals surface area contributed by atoms with E-state index < -0.39 is 60.1 Å². The quantitative estimate of drug-likeness (QED) is 0.156. The molecular formula is C30H50O9. The Kier molecular flexibility index (Phi) is 14.6. The zero-order valence-electron chi connectivity index (χ0n) is 24.5. The van der Waals surface area contributed by atoms with Crippen LogP contribution in [-0.4, -0.2) is 79.7 Å². The van der Waals surface area contributed by atoms with E-state index in [1.54, 1.807) is 31.2 Å². The highest BCUT2D eigenvalue weighted by Crippen LogP contribution is 2.27. The molecule has 9 nitrogen and oxygen atoms in total. The predicted molar refractivity (Wildman–Crippen MR) is 148 cm³/mol. The van der Waals surface area contributed by atoms with Crippen LogP contribution in [0.2, 0.25) is 0 Å². The number of hydrogen-bond acceptors (Lipinski definition) is 9. The van der Waals surface area contributed by atoms with Gasteiger partial charge < -0.3 is 35.0 Å². The van der Waals surface area contributed by atoms with Gasteiger partial charge in [-0.25, -0.2) is 0 Å². The van der Waals surface area contributed by atoms with Crippen LogP contribution >= 0.6 is 0 Å². The number of carbonyl (C=O) groups is 2. The molecule has 0 aromatic rings. The van der Waals surface area contributed by atoms with Crippen LogP contribution in [0.15, 0.2) is 36.0 Å². The second kappa shape index (κ2) is 16.3. The van der Waals surface area contributed by atoms with Crippen molar-refractivity contribution in [3.63, 3.8) is 0 Å². The summed E-state index contributed by atoms with van der Waals surface area (Å²) >= 11 is 0. The molecule has 0 saturated carbocycles. The Morgan fingerprint density at radius 1 is 1.21 bits per heavy atom. The van der Waals surface area contributed by atoms with Crippen molar-refractivity contribution in [3.05, 3.63) is 36.0 Å². The molecule has 0 fully saturated rings. The van der Waals surface area contributed by atoms with Crippen molar-refractivity contribution in [1.82, 2.24) is 0 Å². The van der Waals surface area contributed by atoms with Crippen LogP contribution in [0.1, 0.15) is 80.6 Å². The maximum atomic E-state index is 12.6. The number of carbonyl (C=O) groups excluding carboxylic acids is 2. The topological polar surface area (TPSA) is 154 Å². The van der Waals surface area contributed by atoms with E-state index in [0.717, 1.165) is 5.57 Å². The van der Waals surface area contributed by atoms with Gasteiger partial charge >= 0.3 is 11.9 Å². The normalized spacial score (nSPS) is 32.2. The van der Waals surface area contributed by atoms with Gasteiger partial charge in [-0.05, 0) is 57.1 Å². The first kappa shape index (κ1) is 35.0. The third-order valence-corrected chi connectivity index (χ3v) is 7.44. The molecule has 0 radical (unpaired) electrons. The smallest absolute Gasteiger partial charge is 0.309 e. The molecule has 10 unspecified atom stereocenters. The summed E-state index contributed by atoms with van der Waals surface area (Å²) in [5.74, 6) is -1.98. The van der Waals surface area contributed by atoms with Gasteiger partial charge in [0, 0.05) is 18.8 Å². The SMILES string of the molecule is CCC(O)C(C)C(O)C(O)CC(C)/C=C/C=C(\C)C1OC(=O)CC(O)CCC(C)(O)C(OC(C)=O)/C=C\C1C. The van der Waals surface area contributed by atoms with Crippen molar-refractivity contribution in [1.29, 1.82) is 0 Å². The Hall–Kier alpha value is -2.04. The Morgan fingerprint density at radius 3 is 2.44 bits per heavy atom. The minimum absolute atomic E-state index is 0.0808. The molecule has 5 N–H and O–H groups in total. The van der Waals surface area contributed by atoms with Gasteiger partial charge in [-0.15, -0.1) is 0 Å². The van der Waals surface area contributed by atoms with Crippen molar-refractivity contribution >= 4 is 11.9 Å². The molecule has 0 aromatic carbocycles. The van der Waals surface area contributed by atoms with E-state index in [2.05, 4.69) is 0 Å². The second-order valence-electron chi connectivity index (χ2n) is 11.3. The molecule has 1 heterocycles. The molecule has 0 spiro atoms. The summed E-state index contributed by atoms with van der Waals surface area (Å²) in [5, 5.41) is 52.0. The number of esters is 2. The van der Waals surface area contributed by atoms with Crippen molar-refractivity contribution in [3.8, 4) is 0 Å². The molecule has 0 bridgehead atoms. The maximum Gasteiger partial charge on any atom is 0.309 e. The fraction of sp³-hybridized carbons (Fsp3) is 0.733. The Morgan fingerprint density at radius 2 is 1.85 bits per heavy atom. The number of ether oxygens (including phenoxy) is 2. The van der Waals surface area contributed by atoms with E-state index in [-0.39, 0.29) is 31.1 Å². The summed E-state index contributed by atoms with van der Waals surface area (Å²) in [6.07, 6.45) is 4.27. The Balaban J connectivity index is 3.07. The molecule has 0 saturated heterocycles. The summed E-state index contributed by atoms with van der Waals surface area (Å²) in [6, 6.07) is 0. The zero-order chi connectivity index (χ0) is 29.9. The van der Waals surface area contributed by atoms with Crippen molar-refractivity contribution < 1.29 is 44.6 Å². The summed E-state index contributed by atoms with van der Waals surface area (Å²) in [7, 11) is 0. The average molecular weight is 555 g/mol. The number of cyclic esters (lactones) is 1. The summed E-state index contributed by atoms with van der Waals surface area (Å²) in [5.41, 5.74) is -0.706. The van der Waals surface area contributed by atoms with Gasteiger partial charge in [0.15, 0.2) is 0 Å². The highest BCUT2D eigenvalue weighted by atomic mass is 16.6. The third kappa shape index (κ3) is 11.9. The first-order valence-electron chi connectivity index (χ1n) is 13.9. The molecule has 10 atom stereocenters. The number of rotatable bonds is 10. The summed E-state index contributed by atoms with van der Waals surface area (Å²) in [4.78, 5) is 24.2. The van der Waals surface area contributed by atoms with Crippen molar-refractivity contribution in [2.24, 2.45) is 17.8 Å². The predicted octanol–water partition coefficient (Wildman–Crippen LogP) is 2.98. The highest BCUT2D eigenvalue weighted by molar-refractivity contribution is 5.70. The van der Waals surface area contributed by atoms with Crippen molar-refractivity contribution in [2.75, 3.05) is 0 Å². The van der Waals surface area contributed by atoms with E-state index in [0.29, 0.717) is 12.8 Å². The number of hydrogen-bond donors (Lipinski definition) is 5.